The molecule has 2 aromatic carbocycles. The maximum absolute atomic E-state index is 15.7. The van der Waals surface area contributed by atoms with Gasteiger partial charge in [0, 0.05) is 31.7 Å². The lowest BCUT2D eigenvalue weighted by atomic mass is 9.77. The van der Waals surface area contributed by atoms with E-state index in [0.29, 0.717) is 25.2 Å². The molecule has 39 heavy (non-hydrogen) atoms. The molecule has 0 bridgehead atoms. The van der Waals surface area contributed by atoms with Crippen molar-refractivity contribution in [2.24, 2.45) is 0 Å². The van der Waals surface area contributed by atoms with Gasteiger partial charge in [0.1, 0.15) is 5.82 Å². The van der Waals surface area contributed by atoms with Crippen LogP contribution in [0.5, 0.6) is 0 Å². The highest BCUT2D eigenvalue weighted by molar-refractivity contribution is 7.22. The van der Waals surface area contributed by atoms with E-state index in [0.717, 1.165) is 65.4 Å². The molecule has 2 fully saturated rings. The molecule has 0 unspecified atom stereocenters. The molecule has 0 saturated carbocycles. The molecule has 2 aliphatic rings. The van der Waals surface area contributed by atoms with Gasteiger partial charge in [-0.15, -0.1) is 0 Å². The zero-order chi connectivity index (χ0) is 27.4. The van der Waals surface area contributed by atoms with Gasteiger partial charge < -0.3 is 19.3 Å². The van der Waals surface area contributed by atoms with Crippen LogP contribution in [0.2, 0.25) is 0 Å². The standard InChI is InChI=1S/C30H37FN4O2S2/c1-29(2,3)20-7-6-19(26-24(20)32-28(39-26)35-12-16-37-17-13-35)18-30(4,5)23-21(31)8-9-22-25(23)33-27(38-22)34-10-14-36-15-11-34/h6-9H,10-18H2,1-5H3. The Kier molecular flexibility index (Phi) is 7.06. The van der Waals surface area contributed by atoms with Crippen molar-refractivity contribution in [3.8, 4) is 0 Å². The molecule has 0 aliphatic carbocycles. The molecule has 4 aromatic rings. The van der Waals surface area contributed by atoms with E-state index in [9.17, 15) is 0 Å². The van der Waals surface area contributed by atoms with Crippen molar-refractivity contribution in [3.63, 3.8) is 0 Å². The fourth-order valence-electron chi connectivity index (χ4n) is 5.74. The highest BCUT2D eigenvalue weighted by atomic mass is 32.1. The van der Waals surface area contributed by atoms with Gasteiger partial charge in [0.05, 0.1) is 46.9 Å². The summed E-state index contributed by atoms with van der Waals surface area (Å²) in [7, 11) is 0. The van der Waals surface area contributed by atoms with Crippen molar-refractivity contribution in [1.82, 2.24) is 9.97 Å². The Hall–Kier alpha value is -2.33. The smallest absolute Gasteiger partial charge is 0.186 e. The number of ether oxygens (including phenoxy) is 2. The quantitative estimate of drug-likeness (QED) is 0.273. The molecule has 2 aliphatic heterocycles. The average molecular weight is 569 g/mol. The van der Waals surface area contributed by atoms with Crippen LogP contribution < -0.4 is 9.80 Å². The van der Waals surface area contributed by atoms with Crippen LogP contribution in [0.1, 0.15) is 51.3 Å². The second-order valence-electron chi connectivity index (χ2n) is 12.2. The lowest BCUT2D eigenvalue weighted by Gasteiger charge is -2.28. The Labute approximate surface area is 237 Å². The van der Waals surface area contributed by atoms with Crippen LogP contribution in [-0.4, -0.2) is 62.6 Å². The highest BCUT2D eigenvalue weighted by Gasteiger charge is 2.32. The second kappa shape index (κ2) is 10.3. The van der Waals surface area contributed by atoms with Gasteiger partial charge in [-0.2, -0.15) is 0 Å². The van der Waals surface area contributed by atoms with Crippen LogP contribution in [0, 0.1) is 5.82 Å². The minimum absolute atomic E-state index is 0.0309. The summed E-state index contributed by atoms with van der Waals surface area (Å²) in [6.45, 7) is 17.2. The minimum Gasteiger partial charge on any atom is -0.378 e. The third-order valence-corrected chi connectivity index (χ3v) is 10.1. The van der Waals surface area contributed by atoms with Crippen LogP contribution >= 0.6 is 22.7 Å². The SMILES string of the molecule is CC(C)(C)c1ccc(CC(C)(C)c2c(F)ccc3sc(N4CCOCC4)nc23)c2sc(N3CCOCC3)nc12. The van der Waals surface area contributed by atoms with Crippen molar-refractivity contribution < 1.29 is 13.9 Å². The molecule has 0 spiro atoms. The lowest BCUT2D eigenvalue weighted by Crippen LogP contribution is -2.36. The molecule has 2 aromatic heterocycles. The van der Waals surface area contributed by atoms with Gasteiger partial charge in [-0.3, -0.25) is 0 Å². The number of nitrogens with zero attached hydrogens (tertiary/aromatic N) is 4. The number of anilines is 2. The molecular formula is C30H37FN4O2S2. The third-order valence-electron chi connectivity index (χ3n) is 7.79. The number of fused-ring (bicyclic) bond motifs is 2. The van der Waals surface area contributed by atoms with Crippen LogP contribution in [-0.2, 0) is 26.7 Å². The van der Waals surface area contributed by atoms with Crippen molar-refractivity contribution >= 4 is 53.4 Å². The summed E-state index contributed by atoms with van der Waals surface area (Å²) in [6, 6.07) is 7.96. The van der Waals surface area contributed by atoms with Crippen LogP contribution in [0.15, 0.2) is 24.3 Å². The van der Waals surface area contributed by atoms with Gasteiger partial charge in [0.15, 0.2) is 10.3 Å². The second-order valence-corrected chi connectivity index (χ2v) is 14.2. The van der Waals surface area contributed by atoms with Gasteiger partial charge in [-0.1, -0.05) is 69.4 Å². The van der Waals surface area contributed by atoms with E-state index in [1.807, 2.05) is 6.07 Å². The summed E-state index contributed by atoms with van der Waals surface area (Å²) in [5, 5.41) is 2.00. The molecule has 0 radical (unpaired) electrons. The predicted molar refractivity (Wildman–Crippen MR) is 161 cm³/mol. The normalized spacial score (nSPS) is 17.5. The van der Waals surface area contributed by atoms with Crippen molar-refractivity contribution in [2.45, 2.75) is 51.9 Å². The average Bonchev–Trinajstić information content (AvgIpc) is 3.54. The first-order valence-electron chi connectivity index (χ1n) is 13.8. The Bertz CT molecular complexity index is 1490. The number of morpholine rings is 2. The Morgan fingerprint density at radius 3 is 2.00 bits per heavy atom. The van der Waals surface area contributed by atoms with E-state index in [1.54, 1.807) is 28.7 Å². The molecular weight excluding hydrogens is 531 g/mol. The number of aromatic nitrogens is 2. The van der Waals surface area contributed by atoms with E-state index in [4.69, 9.17) is 19.4 Å². The van der Waals surface area contributed by atoms with Gasteiger partial charge >= 0.3 is 0 Å². The summed E-state index contributed by atoms with van der Waals surface area (Å²) >= 11 is 3.41. The molecule has 208 valence electrons. The highest BCUT2D eigenvalue weighted by Crippen LogP contribution is 2.43. The molecule has 9 heteroatoms. The van der Waals surface area contributed by atoms with E-state index in [1.165, 1.54) is 15.8 Å². The van der Waals surface area contributed by atoms with Crippen molar-refractivity contribution in [3.05, 3.63) is 46.8 Å². The molecule has 6 rings (SSSR count). The molecule has 0 amide bonds. The summed E-state index contributed by atoms with van der Waals surface area (Å²) in [5.74, 6) is -0.188. The summed E-state index contributed by atoms with van der Waals surface area (Å²) in [4.78, 5) is 14.8. The fraction of sp³-hybridized carbons (Fsp3) is 0.533. The van der Waals surface area contributed by atoms with Crippen molar-refractivity contribution in [1.29, 1.82) is 0 Å². The first kappa shape index (κ1) is 26.9. The van der Waals surface area contributed by atoms with E-state index >= 15 is 4.39 Å². The van der Waals surface area contributed by atoms with E-state index in [2.05, 4.69) is 56.6 Å². The summed E-state index contributed by atoms with van der Waals surface area (Å²) in [5.41, 5.74) is 4.51. The lowest BCUT2D eigenvalue weighted by molar-refractivity contribution is 0.122. The number of benzene rings is 2. The Morgan fingerprint density at radius 1 is 0.795 bits per heavy atom. The predicted octanol–water partition coefficient (Wildman–Crippen LogP) is 6.54. The van der Waals surface area contributed by atoms with E-state index in [-0.39, 0.29) is 11.2 Å². The zero-order valence-corrected chi connectivity index (χ0v) is 25.1. The molecule has 0 atom stereocenters. The first-order valence-corrected chi connectivity index (χ1v) is 15.4. The van der Waals surface area contributed by atoms with Crippen molar-refractivity contribution in [2.75, 3.05) is 62.4 Å². The van der Waals surface area contributed by atoms with Gasteiger partial charge in [0.25, 0.3) is 0 Å². The third kappa shape index (κ3) is 5.14. The van der Waals surface area contributed by atoms with E-state index < -0.39 is 5.41 Å². The monoisotopic (exact) mass is 568 g/mol. The number of hydrogen-bond acceptors (Lipinski definition) is 8. The number of thiazole rings is 2. The van der Waals surface area contributed by atoms with Crippen LogP contribution in [0.25, 0.3) is 20.4 Å². The largest absolute Gasteiger partial charge is 0.378 e. The van der Waals surface area contributed by atoms with Crippen LogP contribution in [0.3, 0.4) is 0 Å². The molecule has 6 nitrogen and oxygen atoms in total. The first-order chi connectivity index (χ1) is 18.6. The number of halogens is 1. The number of rotatable bonds is 5. The molecule has 2 saturated heterocycles. The topological polar surface area (TPSA) is 50.7 Å². The van der Waals surface area contributed by atoms with Crippen LogP contribution in [0.4, 0.5) is 14.7 Å². The Balaban J connectivity index is 1.42. The molecule has 4 heterocycles. The Morgan fingerprint density at radius 2 is 1.38 bits per heavy atom. The fourth-order valence-corrected chi connectivity index (χ4v) is 7.92. The summed E-state index contributed by atoms with van der Waals surface area (Å²) in [6.07, 6.45) is 0.694. The minimum atomic E-state index is -0.473. The molecule has 0 N–H and O–H groups in total. The van der Waals surface area contributed by atoms with Gasteiger partial charge in [-0.05, 0) is 40.5 Å². The maximum Gasteiger partial charge on any atom is 0.186 e. The zero-order valence-electron chi connectivity index (χ0n) is 23.5. The number of hydrogen-bond donors (Lipinski definition) is 0. The van der Waals surface area contributed by atoms with Gasteiger partial charge in [-0.25, -0.2) is 14.4 Å². The maximum atomic E-state index is 15.7. The summed E-state index contributed by atoms with van der Waals surface area (Å²) < 4.78 is 29.0. The van der Waals surface area contributed by atoms with Gasteiger partial charge in [0.2, 0.25) is 0 Å².